The van der Waals surface area contributed by atoms with Crippen LogP contribution < -0.4 is 10.5 Å². The van der Waals surface area contributed by atoms with Gasteiger partial charge in [-0.05, 0) is 81.3 Å². The highest BCUT2D eigenvalue weighted by Gasteiger charge is 2.30. The van der Waals surface area contributed by atoms with Gasteiger partial charge in [0.1, 0.15) is 5.75 Å². The summed E-state index contributed by atoms with van der Waals surface area (Å²) in [6, 6.07) is 7.58. The van der Waals surface area contributed by atoms with Gasteiger partial charge >= 0.3 is 0 Å². The van der Waals surface area contributed by atoms with Crippen LogP contribution in [-0.2, 0) is 6.42 Å². The monoisotopic (exact) mass is 288 g/mol. The molecule has 3 heteroatoms. The maximum atomic E-state index is 6.07. The summed E-state index contributed by atoms with van der Waals surface area (Å²) in [4.78, 5) is 2.68. The van der Waals surface area contributed by atoms with Gasteiger partial charge in [-0.2, -0.15) is 0 Å². The van der Waals surface area contributed by atoms with Gasteiger partial charge in [0.2, 0.25) is 0 Å². The standard InChI is InChI=1S/C18H28N2O/c1-13(19)14-8-10-20(11-9-14)18-5-3-4-15-12-16(21-2)6-7-17(15)18/h6-7,12-14,18H,3-5,8-11,19H2,1-2H3. The van der Waals surface area contributed by atoms with Crippen molar-refractivity contribution in [1.82, 2.24) is 4.90 Å². The number of nitrogens with two attached hydrogens (primary N) is 1. The van der Waals surface area contributed by atoms with Crippen LogP contribution in [0.1, 0.15) is 49.8 Å². The molecule has 2 unspecified atom stereocenters. The van der Waals surface area contributed by atoms with Gasteiger partial charge in [-0.25, -0.2) is 0 Å². The van der Waals surface area contributed by atoms with Gasteiger partial charge in [0.15, 0.2) is 0 Å². The maximum Gasteiger partial charge on any atom is 0.119 e. The number of ether oxygens (including phenoxy) is 1. The molecule has 3 nitrogen and oxygen atoms in total. The normalized spacial score (nSPS) is 25.4. The lowest BCUT2D eigenvalue weighted by Gasteiger charge is -2.41. The first-order chi connectivity index (χ1) is 10.2. The number of fused-ring (bicyclic) bond motifs is 1. The van der Waals surface area contributed by atoms with Crippen molar-refractivity contribution in [3.8, 4) is 5.75 Å². The summed E-state index contributed by atoms with van der Waals surface area (Å²) in [6.45, 7) is 4.55. The number of hydrogen-bond acceptors (Lipinski definition) is 3. The first kappa shape index (κ1) is 14.9. The molecule has 0 radical (unpaired) electrons. The number of methoxy groups -OCH3 is 1. The summed E-state index contributed by atoms with van der Waals surface area (Å²) in [6.07, 6.45) is 6.28. The van der Waals surface area contributed by atoms with E-state index in [2.05, 4.69) is 30.0 Å². The van der Waals surface area contributed by atoms with E-state index in [1.54, 1.807) is 7.11 Å². The van der Waals surface area contributed by atoms with Gasteiger partial charge in [0, 0.05) is 12.1 Å². The summed E-state index contributed by atoms with van der Waals surface area (Å²) < 4.78 is 5.37. The van der Waals surface area contributed by atoms with Crippen molar-refractivity contribution in [2.75, 3.05) is 20.2 Å². The molecule has 1 fully saturated rings. The molecule has 2 N–H and O–H groups in total. The zero-order chi connectivity index (χ0) is 14.8. The highest BCUT2D eigenvalue weighted by Crippen LogP contribution is 2.38. The van der Waals surface area contributed by atoms with Crippen LogP contribution in [0.5, 0.6) is 5.75 Å². The maximum absolute atomic E-state index is 6.07. The van der Waals surface area contributed by atoms with Crippen LogP contribution in [0.4, 0.5) is 0 Å². The second kappa shape index (κ2) is 6.37. The molecule has 1 aliphatic heterocycles. The lowest BCUT2D eigenvalue weighted by Crippen LogP contribution is -2.42. The van der Waals surface area contributed by atoms with E-state index >= 15 is 0 Å². The van der Waals surface area contributed by atoms with Gasteiger partial charge in [-0.1, -0.05) is 6.07 Å². The molecule has 116 valence electrons. The van der Waals surface area contributed by atoms with Gasteiger partial charge < -0.3 is 10.5 Å². The zero-order valence-corrected chi connectivity index (χ0v) is 13.3. The van der Waals surface area contributed by atoms with Crippen molar-refractivity contribution in [3.05, 3.63) is 29.3 Å². The minimum atomic E-state index is 0.343. The SMILES string of the molecule is COc1ccc2c(c1)CCCC2N1CCC(C(C)N)CC1. The molecule has 0 saturated carbocycles. The molecule has 2 atom stereocenters. The molecule has 0 bridgehead atoms. The quantitative estimate of drug-likeness (QED) is 0.928. The number of likely N-dealkylation sites (tertiary alicyclic amines) is 1. The van der Waals surface area contributed by atoms with E-state index in [-0.39, 0.29) is 0 Å². The second-order valence-electron chi connectivity index (χ2n) is 6.71. The third-order valence-corrected chi connectivity index (χ3v) is 5.39. The topological polar surface area (TPSA) is 38.5 Å². The number of benzene rings is 1. The predicted octanol–water partition coefficient (Wildman–Crippen LogP) is 3.13. The van der Waals surface area contributed by atoms with E-state index in [1.165, 1.54) is 56.3 Å². The fourth-order valence-corrected chi connectivity index (χ4v) is 4.03. The molecule has 0 aromatic heterocycles. The third-order valence-electron chi connectivity index (χ3n) is 5.39. The minimum Gasteiger partial charge on any atom is -0.497 e. The van der Waals surface area contributed by atoms with Gasteiger partial charge in [-0.15, -0.1) is 0 Å². The van der Waals surface area contributed by atoms with E-state index in [0.29, 0.717) is 18.0 Å². The van der Waals surface area contributed by atoms with Crippen molar-refractivity contribution in [2.45, 2.75) is 51.1 Å². The van der Waals surface area contributed by atoms with Crippen LogP contribution in [0.15, 0.2) is 18.2 Å². The molecule has 21 heavy (non-hydrogen) atoms. The highest BCUT2D eigenvalue weighted by molar-refractivity contribution is 5.39. The summed E-state index contributed by atoms with van der Waals surface area (Å²) in [5.41, 5.74) is 9.08. The number of aryl methyl sites for hydroxylation is 1. The van der Waals surface area contributed by atoms with Crippen LogP contribution in [0, 0.1) is 5.92 Å². The summed E-state index contributed by atoms with van der Waals surface area (Å²) in [5.74, 6) is 1.70. The van der Waals surface area contributed by atoms with E-state index in [4.69, 9.17) is 10.5 Å². The van der Waals surface area contributed by atoms with Gasteiger partial charge in [0.25, 0.3) is 0 Å². The Morgan fingerprint density at radius 2 is 2.00 bits per heavy atom. The summed E-state index contributed by atoms with van der Waals surface area (Å²) >= 11 is 0. The van der Waals surface area contributed by atoms with Crippen LogP contribution in [-0.4, -0.2) is 31.1 Å². The van der Waals surface area contributed by atoms with Crippen molar-refractivity contribution in [1.29, 1.82) is 0 Å². The Bertz CT molecular complexity index is 478. The molecule has 0 spiro atoms. The second-order valence-corrected chi connectivity index (χ2v) is 6.71. The highest BCUT2D eigenvalue weighted by atomic mass is 16.5. The molecule has 1 heterocycles. The van der Waals surface area contributed by atoms with Crippen molar-refractivity contribution in [3.63, 3.8) is 0 Å². The van der Waals surface area contributed by atoms with Crippen LogP contribution in [0.2, 0.25) is 0 Å². The van der Waals surface area contributed by atoms with E-state index in [9.17, 15) is 0 Å². The molecule has 1 saturated heterocycles. The van der Waals surface area contributed by atoms with Crippen molar-refractivity contribution < 1.29 is 4.74 Å². The lowest BCUT2D eigenvalue weighted by atomic mass is 9.84. The molecular weight excluding hydrogens is 260 g/mol. The third kappa shape index (κ3) is 3.09. The lowest BCUT2D eigenvalue weighted by molar-refractivity contribution is 0.113. The van der Waals surface area contributed by atoms with E-state index in [0.717, 1.165) is 5.75 Å². The smallest absolute Gasteiger partial charge is 0.119 e. The Morgan fingerprint density at radius 1 is 1.24 bits per heavy atom. The Kier molecular flexibility index (Phi) is 4.51. The Balaban J connectivity index is 1.74. The number of hydrogen-bond donors (Lipinski definition) is 1. The van der Waals surface area contributed by atoms with Crippen molar-refractivity contribution >= 4 is 0 Å². The van der Waals surface area contributed by atoms with Crippen molar-refractivity contribution in [2.24, 2.45) is 11.7 Å². The first-order valence-electron chi connectivity index (χ1n) is 8.35. The van der Waals surface area contributed by atoms with E-state index < -0.39 is 0 Å². The predicted molar refractivity (Wildman–Crippen MR) is 86.6 cm³/mol. The Hall–Kier alpha value is -1.06. The summed E-state index contributed by atoms with van der Waals surface area (Å²) in [5, 5.41) is 0. The molecular formula is C18H28N2O. The fourth-order valence-electron chi connectivity index (χ4n) is 4.03. The zero-order valence-electron chi connectivity index (χ0n) is 13.3. The van der Waals surface area contributed by atoms with E-state index in [1.807, 2.05) is 0 Å². The number of rotatable bonds is 3. The molecule has 1 aromatic carbocycles. The molecule has 1 aliphatic carbocycles. The fraction of sp³-hybridized carbons (Fsp3) is 0.667. The molecule has 2 aliphatic rings. The molecule has 0 amide bonds. The Morgan fingerprint density at radius 3 is 2.67 bits per heavy atom. The van der Waals surface area contributed by atoms with Crippen LogP contribution in [0.25, 0.3) is 0 Å². The average Bonchev–Trinajstić information content (AvgIpc) is 2.53. The van der Waals surface area contributed by atoms with Gasteiger partial charge in [0.05, 0.1) is 7.11 Å². The number of piperidine rings is 1. The largest absolute Gasteiger partial charge is 0.497 e. The first-order valence-corrected chi connectivity index (χ1v) is 8.35. The molecule has 3 rings (SSSR count). The summed E-state index contributed by atoms with van der Waals surface area (Å²) in [7, 11) is 1.75. The van der Waals surface area contributed by atoms with Crippen LogP contribution >= 0.6 is 0 Å². The van der Waals surface area contributed by atoms with Gasteiger partial charge in [-0.3, -0.25) is 4.90 Å². The Labute approximate surface area is 128 Å². The average molecular weight is 288 g/mol. The molecule has 1 aromatic rings. The van der Waals surface area contributed by atoms with Crippen LogP contribution in [0.3, 0.4) is 0 Å². The minimum absolute atomic E-state index is 0.343. The number of nitrogens with zero attached hydrogens (tertiary/aromatic N) is 1.